The number of nitriles is 1. The number of nitrogens with two attached hydrogens (primary N) is 3. The van der Waals surface area contributed by atoms with Gasteiger partial charge < -0.3 is 52.8 Å². The molecule has 5 rings (SSSR count). The van der Waals surface area contributed by atoms with Gasteiger partial charge in [-0.3, -0.25) is 24.0 Å². The van der Waals surface area contributed by atoms with Gasteiger partial charge in [0.25, 0.3) is 5.91 Å². The Bertz CT molecular complexity index is 2470. The van der Waals surface area contributed by atoms with E-state index in [0.29, 0.717) is 45.3 Å². The number of carbonyl (C=O) groups excluding carboxylic acids is 5. The van der Waals surface area contributed by atoms with E-state index < -0.39 is 53.7 Å². The maximum Gasteiger partial charge on any atom is 0.255 e. The minimum atomic E-state index is -1.41. The molecule has 0 spiro atoms. The summed E-state index contributed by atoms with van der Waals surface area (Å²) in [6.45, 7) is 7.78. The molecule has 1 aliphatic heterocycles. The van der Waals surface area contributed by atoms with Crippen LogP contribution in [0.4, 0.5) is 0 Å². The maximum absolute atomic E-state index is 14.7. The normalized spacial score (nSPS) is 16.6. The zero-order valence-electron chi connectivity index (χ0n) is 38.5. The summed E-state index contributed by atoms with van der Waals surface area (Å²) < 4.78 is 12.1. The van der Waals surface area contributed by atoms with Crippen LogP contribution in [0, 0.1) is 18.3 Å². The molecule has 18 nitrogen and oxygen atoms in total. The van der Waals surface area contributed by atoms with E-state index in [0.717, 1.165) is 11.1 Å². The minimum absolute atomic E-state index is 0.000800. The van der Waals surface area contributed by atoms with Crippen LogP contribution in [0.25, 0.3) is 22.5 Å². The van der Waals surface area contributed by atoms with E-state index in [9.17, 15) is 24.0 Å². The van der Waals surface area contributed by atoms with Gasteiger partial charge in [0.15, 0.2) is 5.82 Å². The Morgan fingerprint density at radius 1 is 0.955 bits per heavy atom. The number of nitrogens with zero attached hydrogens (tertiary/aromatic N) is 4. The first-order valence-corrected chi connectivity index (χ1v) is 24.2. The molecule has 0 radical (unpaired) electrons. The Hall–Kier alpha value is -6.24. The zero-order chi connectivity index (χ0) is 48.8. The summed E-state index contributed by atoms with van der Waals surface area (Å²) >= 11 is 0. The van der Waals surface area contributed by atoms with Gasteiger partial charge in [-0.1, -0.05) is 58.0 Å². The molecule has 2 heterocycles. The fourth-order valence-electron chi connectivity index (χ4n) is 7.47. The number of hydrogen-bond donors (Lipinski definition) is 7. The second-order valence-corrected chi connectivity index (χ2v) is 19.2. The van der Waals surface area contributed by atoms with E-state index in [2.05, 4.69) is 45.1 Å². The first-order valence-electron chi connectivity index (χ1n) is 21.7. The van der Waals surface area contributed by atoms with Crippen LogP contribution in [-0.2, 0) is 30.3 Å². The zero-order valence-corrected chi connectivity index (χ0v) is 40.1. The number of hydrogen-bond acceptors (Lipinski definition) is 15. The molecule has 0 aliphatic carbocycles. The monoisotopic (exact) mass is 953 g/mol. The molecule has 4 bridgehead atoms. The van der Waals surface area contributed by atoms with Crippen LogP contribution >= 0.6 is 21.6 Å². The van der Waals surface area contributed by atoms with Crippen molar-refractivity contribution < 1.29 is 33.4 Å². The molecule has 356 valence electrons. The molecule has 4 atom stereocenters. The Kier molecular flexibility index (Phi) is 18.5. The molecule has 0 saturated carbocycles. The lowest BCUT2D eigenvalue weighted by Gasteiger charge is -2.32. The summed E-state index contributed by atoms with van der Waals surface area (Å²) in [7, 11) is 4.87. The lowest BCUT2D eigenvalue weighted by molar-refractivity contribution is -0.141. The van der Waals surface area contributed by atoms with E-state index >= 15 is 0 Å². The van der Waals surface area contributed by atoms with Crippen molar-refractivity contribution in [2.24, 2.45) is 17.2 Å². The highest BCUT2D eigenvalue weighted by Gasteiger charge is 2.36. The molecule has 5 amide bonds. The van der Waals surface area contributed by atoms with Crippen molar-refractivity contribution in [1.29, 1.82) is 5.26 Å². The van der Waals surface area contributed by atoms with Crippen molar-refractivity contribution in [2.45, 2.75) is 69.5 Å². The fraction of sp³-hybridized carbons (Fsp3) is 0.404. The number of amides is 5. The third-order valence-corrected chi connectivity index (χ3v) is 13.5. The van der Waals surface area contributed by atoms with Gasteiger partial charge in [-0.2, -0.15) is 5.26 Å². The molecule has 0 fully saturated rings. The van der Waals surface area contributed by atoms with Crippen LogP contribution in [-0.4, -0.2) is 115 Å². The smallest absolute Gasteiger partial charge is 0.255 e. The second-order valence-electron chi connectivity index (χ2n) is 16.2. The quantitative estimate of drug-likeness (QED) is 0.0558. The number of rotatable bonds is 18. The highest BCUT2D eigenvalue weighted by Crippen LogP contribution is 2.43. The first-order chi connectivity index (χ1) is 32.1. The summed E-state index contributed by atoms with van der Waals surface area (Å²) in [5.41, 5.74) is 22.0. The molecule has 10 N–H and O–H groups in total. The average molecular weight is 954 g/mol. The number of benzene rings is 3. The van der Waals surface area contributed by atoms with Crippen LogP contribution < -0.4 is 47.9 Å². The molecule has 4 aromatic rings. The van der Waals surface area contributed by atoms with Gasteiger partial charge in [-0.25, -0.2) is 9.97 Å². The van der Waals surface area contributed by atoms with Crippen LogP contribution in [0.15, 0.2) is 66.9 Å². The first kappa shape index (κ1) is 51.7. The van der Waals surface area contributed by atoms with Gasteiger partial charge in [0, 0.05) is 54.2 Å². The second kappa shape index (κ2) is 24.0. The van der Waals surface area contributed by atoms with Gasteiger partial charge in [-0.15, -0.1) is 0 Å². The van der Waals surface area contributed by atoms with Crippen molar-refractivity contribution in [1.82, 2.24) is 36.1 Å². The lowest BCUT2D eigenvalue weighted by Crippen LogP contribution is -2.56. The van der Waals surface area contributed by atoms with Gasteiger partial charge in [0.2, 0.25) is 23.6 Å². The van der Waals surface area contributed by atoms with Gasteiger partial charge in [0.1, 0.15) is 55.4 Å². The van der Waals surface area contributed by atoms with Crippen molar-refractivity contribution in [3.63, 3.8) is 0 Å². The van der Waals surface area contributed by atoms with Crippen LogP contribution in [0.3, 0.4) is 0 Å². The van der Waals surface area contributed by atoms with Gasteiger partial charge >= 0.3 is 0 Å². The summed E-state index contributed by atoms with van der Waals surface area (Å²) in [4.78, 5) is 80.6. The number of ether oxygens (including phenoxy) is 2. The predicted molar refractivity (Wildman–Crippen MR) is 260 cm³/mol. The fourth-order valence-corrected chi connectivity index (χ4v) is 9.66. The molecular weight excluding hydrogens is 895 g/mol. The standard InChI is InChI=1S/C47H59N11O7S2/c1-27-35(26-53-41(54-27)30-8-11-32(12-9-30)47(3,4)67-66-6)43(60)56-36(15-16-48)46(63)58(5)40-31-10-14-39(65-22-19-51)34(25-31)33-23-29(7-13-38(33)64-21-18-50)24-37(44(61)52-20-17-49)57-42(59)28(2)55-45(40)62/h7-14,23,25-26,28,36-37,40H,15-16,18-22,24,48,50-51H2,1-6H3,(H,52,61)(H,55,62)(H,56,60)(H,57,59)/t28-,36-,37-,40-/m0/s1. The highest BCUT2D eigenvalue weighted by molar-refractivity contribution is 8.76. The van der Waals surface area contributed by atoms with E-state index in [1.165, 1.54) is 25.1 Å². The number of fused-ring (bicyclic) bond motifs is 5. The SMILES string of the molecule is CSSC(C)(C)c1ccc(-c2ncc(C(=O)N[C@@H](CCN)C(=O)N(C)[C@@H]3C(=O)N[C@@H](C)C(=O)N[C@H](C(=O)NCC#N)Cc4ccc(OCCN)c(c4)-c4cc3ccc4OCCN)c(C)n2)cc1. The van der Waals surface area contributed by atoms with E-state index in [-0.39, 0.29) is 62.5 Å². The molecule has 1 aliphatic rings. The molecule has 0 unspecified atom stereocenters. The van der Waals surface area contributed by atoms with Crippen molar-refractivity contribution in [2.75, 3.05) is 52.7 Å². The largest absolute Gasteiger partial charge is 0.492 e. The maximum atomic E-state index is 14.7. The van der Waals surface area contributed by atoms with Crippen molar-refractivity contribution in [3.8, 4) is 40.1 Å². The van der Waals surface area contributed by atoms with Crippen molar-refractivity contribution in [3.05, 3.63) is 94.8 Å². The summed E-state index contributed by atoms with van der Waals surface area (Å²) in [5, 5.41) is 19.9. The number of nitrogens with one attached hydrogen (secondary N) is 4. The number of aromatic nitrogens is 2. The minimum Gasteiger partial charge on any atom is -0.492 e. The van der Waals surface area contributed by atoms with Crippen molar-refractivity contribution >= 4 is 51.1 Å². The number of carbonyl (C=O) groups is 5. The molecule has 67 heavy (non-hydrogen) atoms. The Balaban J connectivity index is 1.54. The summed E-state index contributed by atoms with van der Waals surface area (Å²) in [6, 6.07) is 15.0. The van der Waals surface area contributed by atoms with Gasteiger partial charge in [-0.05, 0) is 87.9 Å². The third kappa shape index (κ3) is 13.0. The van der Waals surface area contributed by atoms with E-state index in [1.54, 1.807) is 64.9 Å². The topological polar surface area (TPSA) is 283 Å². The number of aryl methyl sites for hydroxylation is 1. The highest BCUT2D eigenvalue weighted by atomic mass is 33.1. The van der Waals surface area contributed by atoms with Crippen LogP contribution in [0.2, 0.25) is 0 Å². The van der Waals surface area contributed by atoms with E-state index in [4.69, 9.17) is 31.9 Å². The summed E-state index contributed by atoms with van der Waals surface area (Å²) in [6.07, 6.45) is 3.45. The Morgan fingerprint density at radius 2 is 1.61 bits per heavy atom. The molecular formula is C47H59N11O7S2. The molecule has 1 aromatic heterocycles. The lowest BCUT2D eigenvalue weighted by atomic mass is 9.93. The summed E-state index contributed by atoms with van der Waals surface area (Å²) in [5.74, 6) is -2.18. The van der Waals surface area contributed by atoms with Gasteiger partial charge in [0.05, 0.1) is 17.3 Å². The number of likely N-dealkylation sites (N-methyl/N-ethyl adjacent to an activating group) is 1. The van der Waals surface area contributed by atoms with Crippen LogP contribution in [0.5, 0.6) is 11.5 Å². The third-order valence-electron chi connectivity index (χ3n) is 11.0. The predicted octanol–water partition coefficient (Wildman–Crippen LogP) is 2.87. The Labute approximate surface area is 398 Å². The average Bonchev–Trinajstić information content (AvgIpc) is 3.31. The Morgan fingerprint density at radius 3 is 2.22 bits per heavy atom. The molecule has 20 heteroatoms. The molecule has 0 saturated heterocycles. The van der Waals surface area contributed by atoms with E-state index in [1.807, 2.05) is 36.6 Å². The van der Waals surface area contributed by atoms with Crippen LogP contribution in [0.1, 0.15) is 66.0 Å². The molecule has 3 aromatic carbocycles.